The largest absolute Gasteiger partial charge is 0.383 e. The molecule has 0 unspecified atom stereocenters. The number of hydrogen-bond donors (Lipinski definition) is 1. The van der Waals surface area contributed by atoms with E-state index in [4.69, 9.17) is 4.74 Å². The summed E-state index contributed by atoms with van der Waals surface area (Å²) in [4.78, 5) is 14.2. The summed E-state index contributed by atoms with van der Waals surface area (Å²) >= 11 is 0. The minimum absolute atomic E-state index is 0.0948. The van der Waals surface area contributed by atoms with Gasteiger partial charge in [0.05, 0.1) is 13.2 Å². The van der Waals surface area contributed by atoms with Crippen LogP contribution in [0.15, 0.2) is 0 Å². The second-order valence-corrected chi connectivity index (χ2v) is 4.95. The van der Waals surface area contributed by atoms with Crippen LogP contribution in [0.2, 0.25) is 0 Å². The van der Waals surface area contributed by atoms with E-state index in [1.807, 2.05) is 6.92 Å². The summed E-state index contributed by atoms with van der Waals surface area (Å²) in [5, 5.41) is 2.97. The number of hydrogen-bond acceptors (Lipinski definition) is 3. The third-order valence-electron chi connectivity index (χ3n) is 3.39. The zero-order valence-electron chi connectivity index (χ0n) is 11.4. The number of amides is 1. The summed E-state index contributed by atoms with van der Waals surface area (Å²) in [6.45, 7) is 6.34. The van der Waals surface area contributed by atoms with Crippen molar-refractivity contribution in [1.29, 1.82) is 0 Å². The van der Waals surface area contributed by atoms with Crippen molar-refractivity contribution >= 4 is 5.91 Å². The molecule has 1 rings (SSSR count). The van der Waals surface area contributed by atoms with Crippen molar-refractivity contribution in [2.75, 3.05) is 26.8 Å². The van der Waals surface area contributed by atoms with Gasteiger partial charge in [-0.1, -0.05) is 13.3 Å². The number of methoxy groups -OCH3 is 1. The lowest BCUT2D eigenvalue weighted by atomic mass is 10.00. The van der Waals surface area contributed by atoms with Crippen LogP contribution in [0.25, 0.3) is 0 Å². The Morgan fingerprint density at radius 1 is 1.53 bits per heavy atom. The molecule has 17 heavy (non-hydrogen) atoms. The third kappa shape index (κ3) is 5.04. The summed E-state index contributed by atoms with van der Waals surface area (Å²) in [6, 6.07) is 0.685. The molecule has 0 saturated carbocycles. The topological polar surface area (TPSA) is 41.6 Å². The summed E-state index contributed by atoms with van der Waals surface area (Å²) in [5.41, 5.74) is 0. The number of ether oxygens (including phenoxy) is 1. The first-order valence-corrected chi connectivity index (χ1v) is 6.69. The molecule has 0 aliphatic carbocycles. The predicted molar refractivity (Wildman–Crippen MR) is 69.0 cm³/mol. The maximum atomic E-state index is 11.8. The van der Waals surface area contributed by atoms with Gasteiger partial charge in [0.15, 0.2) is 0 Å². The molecule has 0 spiro atoms. The average molecular weight is 242 g/mol. The minimum atomic E-state index is 0.0948. The van der Waals surface area contributed by atoms with Crippen molar-refractivity contribution < 1.29 is 9.53 Å². The monoisotopic (exact) mass is 242 g/mol. The van der Waals surface area contributed by atoms with Crippen LogP contribution in [0.4, 0.5) is 0 Å². The highest BCUT2D eigenvalue weighted by molar-refractivity contribution is 5.78. The predicted octanol–water partition coefficient (Wildman–Crippen LogP) is 1.40. The van der Waals surface area contributed by atoms with Crippen LogP contribution in [-0.4, -0.2) is 49.7 Å². The summed E-state index contributed by atoms with van der Waals surface area (Å²) in [7, 11) is 1.65. The Morgan fingerprint density at radius 3 is 2.94 bits per heavy atom. The van der Waals surface area contributed by atoms with E-state index in [9.17, 15) is 4.79 Å². The summed E-state index contributed by atoms with van der Waals surface area (Å²) in [5.74, 6) is 0.120. The van der Waals surface area contributed by atoms with E-state index in [2.05, 4.69) is 17.1 Å². The molecule has 0 radical (unpaired) electrons. The molecule has 0 aromatic heterocycles. The number of nitrogens with one attached hydrogen (secondary N) is 1. The van der Waals surface area contributed by atoms with Crippen molar-refractivity contribution in [3.05, 3.63) is 0 Å². The van der Waals surface area contributed by atoms with E-state index in [1.165, 1.54) is 19.3 Å². The molecule has 4 heteroatoms. The summed E-state index contributed by atoms with van der Waals surface area (Å²) in [6.07, 6.45) is 4.90. The number of carbonyl (C=O) groups is 1. The molecule has 1 heterocycles. The molecule has 0 bridgehead atoms. The van der Waals surface area contributed by atoms with Crippen LogP contribution in [-0.2, 0) is 9.53 Å². The highest BCUT2D eigenvalue weighted by Crippen LogP contribution is 2.18. The maximum absolute atomic E-state index is 11.8. The third-order valence-corrected chi connectivity index (χ3v) is 3.39. The number of rotatable bonds is 6. The van der Waals surface area contributed by atoms with Crippen LogP contribution < -0.4 is 5.32 Å². The van der Waals surface area contributed by atoms with Gasteiger partial charge in [0.1, 0.15) is 0 Å². The fourth-order valence-electron chi connectivity index (χ4n) is 2.53. The highest BCUT2D eigenvalue weighted by Gasteiger charge is 2.22. The Bertz CT molecular complexity index is 233. The Hall–Kier alpha value is -0.610. The van der Waals surface area contributed by atoms with E-state index in [0.717, 1.165) is 13.0 Å². The van der Waals surface area contributed by atoms with Crippen molar-refractivity contribution in [2.24, 2.45) is 0 Å². The molecular weight excluding hydrogens is 216 g/mol. The van der Waals surface area contributed by atoms with E-state index in [-0.39, 0.29) is 11.9 Å². The molecule has 1 fully saturated rings. The number of nitrogens with zero attached hydrogens (tertiary/aromatic N) is 1. The number of piperidine rings is 1. The second-order valence-electron chi connectivity index (χ2n) is 4.95. The van der Waals surface area contributed by atoms with Gasteiger partial charge < -0.3 is 10.1 Å². The van der Waals surface area contributed by atoms with Gasteiger partial charge >= 0.3 is 0 Å². The van der Waals surface area contributed by atoms with Crippen molar-refractivity contribution in [1.82, 2.24) is 10.2 Å². The maximum Gasteiger partial charge on any atom is 0.234 e. The fourth-order valence-corrected chi connectivity index (χ4v) is 2.53. The first-order valence-electron chi connectivity index (χ1n) is 6.69. The van der Waals surface area contributed by atoms with Crippen molar-refractivity contribution in [2.45, 2.75) is 51.6 Å². The summed E-state index contributed by atoms with van der Waals surface area (Å²) < 4.78 is 5.01. The molecule has 4 nitrogen and oxygen atoms in total. The van der Waals surface area contributed by atoms with Crippen LogP contribution in [0.1, 0.15) is 39.5 Å². The van der Waals surface area contributed by atoms with E-state index >= 15 is 0 Å². The lowest BCUT2D eigenvalue weighted by Gasteiger charge is -2.34. The molecule has 0 aromatic carbocycles. The van der Waals surface area contributed by atoms with E-state index < -0.39 is 0 Å². The molecule has 0 aromatic rings. The molecule has 1 N–H and O–H groups in total. The van der Waals surface area contributed by atoms with Gasteiger partial charge in [-0.25, -0.2) is 0 Å². The van der Waals surface area contributed by atoms with Crippen LogP contribution in [0, 0.1) is 0 Å². The van der Waals surface area contributed by atoms with Gasteiger partial charge in [-0.3, -0.25) is 9.69 Å². The molecule has 1 amide bonds. The number of carbonyl (C=O) groups excluding carboxylic acids is 1. The lowest BCUT2D eigenvalue weighted by Crippen LogP contribution is -2.47. The first kappa shape index (κ1) is 14.5. The standard InChI is InChI=1S/C13H26N2O2/c1-4-12-7-5-6-8-15(12)9-13(16)14-11(2)10-17-3/h11-12H,4-10H2,1-3H3,(H,14,16)/t11-,12+/m1/s1. The van der Waals surface area contributed by atoms with Gasteiger partial charge in [0.25, 0.3) is 0 Å². The molecule has 2 atom stereocenters. The number of likely N-dealkylation sites (tertiary alicyclic amines) is 1. The van der Waals surface area contributed by atoms with Gasteiger partial charge in [-0.2, -0.15) is 0 Å². The Kier molecular flexibility index (Phi) is 6.52. The minimum Gasteiger partial charge on any atom is -0.383 e. The van der Waals surface area contributed by atoms with Gasteiger partial charge in [0, 0.05) is 19.2 Å². The molecule has 1 aliphatic heterocycles. The zero-order chi connectivity index (χ0) is 12.7. The van der Waals surface area contributed by atoms with Crippen molar-refractivity contribution in [3.63, 3.8) is 0 Å². The normalized spacial score (nSPS) is 23.4. The van der Waals surface area contributed by atoms with Gasteiger partial charge in [-0.15, -0.1) is 0 Å². The molecule has 1 aliphatic rings. The van der Waals surface area contributed by atoms with Crippen LogP contribution in [0.5, 0.6) is 0 Å². The van der Waals surface area contributed by atoms with Crippen LogP contribution >= 0.6 is 0 Å². The Labute approximate surface area is 105 Å². The SMILES string of the molecule is CC[C@H]1CCCCN1CC(=O)N[C@H](C)COC. The fraction of sp³-hybridized carbons (Fsp3) is 0.923. The van der Waals surface area contributed by atoms with Crippen LogP contribution in [0.3, 0.4) is 0 Å². The van der Waals surface area contributed by atoms with E-state index in [0.29, 0.717) is 19.2 Å². The second kappa shape index (κ2) is 7.67. The first-order chi connectivity index (χ1) is 8.17. The average Bonchev–Trinajstić information content (AvgIpc) is 2.29. The van der Waals surface area contributed by atoms with Gasteiger partial charge in [0.2, 0.25) is 5.91 Å². The molecule has 1 saturated heterocycles. The lowest BCUT2D eigenvalue weighted by molar-refractivity contribution is -0.124. The Balaban J connectivity index is 2.33. The zero-order valence-corrected chi connectivity index (χ0v) is 11.4. The van der Waals surface area contributed by atoms with Gasteiger partial charge in [-0.05, 0) is 32.7 Å². The highest BCUT2D eigenvalue weighted by atomic mass is 16.5. The smallest absolute Gasteiger partial charge is 0.234 e. The Morgan fingerprint density at radius 2 is 2.29 bits per heavy atom. The quantitative estimate of drug-likeness (QED) is 0.765. The molecule has 100 valence electrons. The van der Waals surface area contributed by atoms with E-state index in [1.54, 1.807) is 7.11 Å². The van der Waals surface area contributed by atoms with Crippen molar-refractivity contribution in [3.8, 4) is 0 Å². The molecular formula is C13H26N2O2.